The molecule has 0 spiro atoms. The average molecular weight is 444 g/mol. The minimum Gasteiger partial charge on any atom is -0.353 e. The lowest BCUT2D eigenvalue weighted by molar-refractivity contribution is -0.119. The van der Waals surface area contributed by atoms with Crippen LogP contribution in [0.2, 0.25) is 5.02 Å². The summed E-state index contributed by atoms with van der Waals surface area (Å²) >= 11 is 7.70. The molecule has 30 heavy (non-hydrogen) atoms. The molecule has 8 heteroatoms. The Morgan fingerprint density at radius 2 is 1.97 bits per heavy atom. The normalized spacial score (nSPS) is 14.9. The van der Waals surface area contributed by atoms with Crippen molar-refractivity contribution in [3.05, 3.63) is 51.8 Å². The van der Waals surface area contributed by atoms with Crippen molar-refractivity contribution < 1.29 is 4.79 Å². The molecule has 0 aliphatic heterocycles. The van der Waals surface area contributed by atoms with Gasteiger partial charge in [-0.2, -0.15) is 4.98 Å². The predicted molar refractivity (Wildman–Crippen MR) is 120 cm³/mol. The largest absolute Gasteiger partial charge is 0.353 e. The second-order valence-corrected chi connectivity index (χ2v) is 9.18. The molecular weight excluding hydrogens is 418 g/mol. The highest BCUT2D eigenvalue weighted by Gasteiger charge is 2.18. The monoisotopic (exact) mass is 443 g/mol. The molecule has 2 aromatic heterocycles. The van der Waals surface area contributed by atoms with E-state index in [2.05, 4.69) is 20.4 Å². The number of benzene rings is 1. The lowest BCUT2D eigenvalue weighted by atomic mass is 9.95. The van der Waals surface area contributed by atoms with E-state index in [1.54, 1.807) is 4.52 Å². The van der Waals surface area contributed by atoms with Crippen molar-refractivity contribution in [1.82, 2.24) is 24.9 Å². The van der Waals surface area contributed by atoms with Crippen LogP contribution in [0.3, 0.4) is 0 Å². The van der Waals surface area contributed by atoms with Crippen molar-refractivity contribution in [3.63, 3.8) is 0 Å². The van der Waals surface area contributed by atoms with Crippen LogP contribution in [0.4, 0.5) is 0 Å². The summed E-state index contributed by atoms with van der Waals surface area (Å²) in [5, 5.41) is 9.04. The number of thioether (sulfide) groups is 1. The summed E-state index contributed by atoms with van der Waals surface area (Å²) in [4.78, 5) is 21.4. The lowest BCUT2D eigenvalue weighted by Crippen LogP contribution is -2.37. The Hall–Kier alpha value is -2.12. The third-order valence-electron chi connectivity index (χ3n) is 5.66. The van der Waals surface area contributed by atoms with Gasteiger partial charge in [-0.25, -0.2) is 9.50 Å². The minimum absolute atomic E-state index is 0.0472. The molecule has 1 aliphatic carbocycles. The number of aryl methyl sites for hydroxylation is 2. The summed E-state index contributed by atoms with van der Waals surface area (Å²) in [7, 11) is 0. The highest BCUT2D eigenvalue weighted by Crippen LogP contribution is 2.24. The number of rotatable bonds is 6. The van der Waals surface area contributed by atoms with Gasteiger partial charge in [0.2, 0.25) is 11.1 Å². The molecule has 1 saturated carbocycles. The van der Waals surface area contributed by atoms with E-state index in [-0.39, 0.29) is 5.91 Å². The van der Waals surface area contributed by atoms with Crippen molar-refractivity contribution in [3.8, 4) is 0 Å². The second kappa shape index (κ2) is 9.35. The van der Waals surface area contributed by atoms with E-state index >= 15 is 0 Å². The topological polar surface area (TPSA) is 72.2 Å². The van der Waals surface area contributed by atoms with E-state index in [0.29, 0.717) is 29.1 Å². The van der Waals surface area contributed by atoms with Crippen LogP contribution >= 0.6 is 23.4 Å². The molecule has 0 unspecified atom stereocenters. The molecule has 4 rings (SSSR count). The molecule has 0 radical (unpaired) electrons. The number of fused-ring (bicyclic) bond motifs is 1. The molecule has 0 saturated heterocycles. The van der Waals surface area contributed by atoms with Crippen LogP contribution in [0, 0.1) is 13.8 Å². The van der Waals surface area contributed by atoms with Crippen molar-refractivity contribution in [2.24, 2.45) is 0 Å². The van der Waals surface area contributed by atoms with Gasteiger partial charge >= 0.3 is 0 Å². The molecule has 0 atom stereocenters. The van der Waals surface area contributed by atoms with E-state index in [1.165, 1.54) is 31.0 Å². The smallest absolute Gasteiger partial charge is 0.253 e. The first kappa shape index (κ1) is 21.1. The molecule has 1 amide bonds. The van der Waals surface area contributed by atoms with Gasteiger partial charge in [0.25, 0.3) is 5.78 Å². The zero-order valence-electron chi connectivity index (χ0n) is 17.3. The maximum Gasteiger partial charge on any atom is 0.253 e. The SMILES string of the molecule is Cc1nc2nc(SCC(=O)NC3CCCCC3)nn2c(C)c1Cc1ccccc1Cl. The lowest BCUT2D eigenvalue weighted by Gasteiger charge is -2.22. The van der Waals surface area contributed by atoms with Crippen LogP contribution in [-0.4, -0.2) is 37.3 Å². The number of amides is 1. The van der Waals surface area contributed by atoms with Gasteiger partial charge in [-0.1, -0.05) is 60.8 Å². The molecule has 6 nitrogen and oxygen atoms in total. The second-order valence-electron chi connectivity index (χ2n) is 7.83. The maximum atomic E-state index is 12.3. The Morgan fingerprint density at radius 3 is 2.73 bits per heavy atom. The first-order valence-corrected chi connectivity index (χ1v) is 11.8. The molecule has 3 aromatic rings. The molecule has 1 N–H and O–H groups in total. The summed E-state index contributed by atoms with van der Waals surface area (Å²) in [6, 6.07) is 8.16. The number of nitrogens with one attached hydrogen (secondary N) is 1. The van der Waals surface area contributed by atoms with Gasteiger partial charge in [0.1, 0.15) is 0 Å². The molecule has 1 aromatic carbocycles. The Bertz CT molecular complexity index is 1060. The number of carbonyl (C=O) groups is 1. The van der Waals surface area contributed by atoms with Crippen molar-refractivity contribution in [2.75, 3.05) is 5.75 Å². The van der Waals surface area contributed by atoms with Crippen molar-refractivity contribution in [2.45, 2.75) is 63.6 Å². The summed E-state index contributed by atoms with van der Waals surface area (Å²) < 4.78 is 1.76. The summed E-state index contributed by atoms with van der Waals surface area (Å²) in [6.45, 7) is 4.01. The fourth-order valence-electron chi connectivity index (χ4n) is 3.99. The van der Waals surface area contributed by atoms with Crippen LogP contribution in [-0.2, 0) is 11.2 Å². The Kier molecular flexibility index (Phi) is 6.58. The first-order valence-electron chi connectivity index (χ1n) is 10.4. The van der Waals surface area contributed by atoms with E-state index < -0.39 is 0 Å². The average Bonchev–Trinajstić information content (AvgIpc) is 3.15. The number of halogens is 1. The number of aromatic nitrogens is 4. The van der Waals surface area contributed by atoms with Gasteiger partial charge in [0.15, 0.2) is 0 Å². The zero-order chi connectivity index (χ0) is 21.1. The Morgan fingerprint density at radius 1 is 1.20 bits per heavy atom. The number of nitrogens with zero attached hydrogens (tertiary/aromatic N) is 4. The molecule has 2 heterocycles. The molecule has 1 aliphatic rings. The maximum absolute atomic E-state index is 12.3. The summed E-state index contributed by atoms with van der Waals surface area (Å²) in [6.07, 6.45) is 6.53. The highest BCUT2D eigenvalue weighted by atomic mass is 35.5. The van der Waals surface area contributed by atoms with E-state index in [0.717, 1.165) is 40.4 Å². The molecule has 1 fully saturated rings. The molecular formula is C22H26ClN5OS. The van der Waals surface area contributed by atoms with Crippen LogP contribution in [0.25, 0.3) is 5.78 Å². The van der Waals surface area contributed by atoms with Crippen LogP contribution in [0.5, 0.6) is 0 Å². The van der Waals surface area contributed by atoms with Crippen LogP contribution in [0.15, 0.2) is 29.4 Å². The number of hydrogen-bond acceptors (Lipinski definition) is 5. The Balaban J connectivity index is 1.48. The van der Waals surface area contributed by atoms with E-state index in [1.807, 2.05) is 38.1 Å². The van der Waals surface area contributed by atoms with Crippen LogP contribution < -0.4 is 5.32 Å². The predicted octanol–water partition coefficient (Wildman–Crippen LogP) is 4.53. The van der Waals surface area contributed by atoms with Crippen LogP contribution in [0.1, 0.15) is 54.6 Å². The van der Waals surface area contributed by atoms with E-state index in [4.69, 9.17) is 11.6 Å². The Labute approximate surface area is 185 Å². The highest BCUT2D eigenvalue weighted by molar-refractivity contribution is 7.99. The molecule has 158 valence electrons. The minimum atomic E-state index is 0.0472. The van der Waals surface area contributed by atoms with Gasteiger partial charge < -0.3 is 5.32 Å². The standard InChI is InChI=1S/C22H26ClN5OS/c1-14-18(12-16-8-6-7-11-19(16)23)15(2)28-21(24-14)26-22(27-28)30-13-20(29)25-17-9-4-3-5-10-17/h6-8,11,17H,3-5,9-10,12-13H2,1-2H3,(H,25,29). The quantitative estimate of drug-likeness (QED) is 0.567. The first-order chi connectivity index (χ1) is 14.5. The summed E-state index contributed by atoms with van der Waals surface area (Å²) in [5.41, 5.74) is 4.05. The third kappa shape index (κ3) is 4.78. The fraction of sp³-hybridized carbons (Fsp3) is 0.455. The van der Waals surface area contributed by atoms with Gasteiger partial charge in [-0.05, 0) is 43.9 Å². The number of carbonyl (C=O) groups excluding carboxylic acids is 1. The van der Waals surface area contributed by atoms with Gasteiger partial charge in [0.05, 0.1) is 5.75 Å². The summed E-state index contributed by atoms with van der Waals surface area (Å²) in [5.74, 6) is 0.923. The van der Waals surface area contributed by atoms with Gasteiger partial charge in [-0.15, -0.1) is 5.10 Å². The third-order valence-corrected chi connectivity index (χ3v) is 6.86. The van der Waals surface area contributed by atoms with Gasteiger partial charge in [-0.3, -0.25) is 4.79 Å². The number of hydrogen-bond donors (Lipinski definition) is 1. The molecule has 0 bridgehead atoms. The fourth-order valence-corrected chi connectivity index (χ4v) is 4.82. The van der Waals surface area contributed by atoms with Crippen molar-refractivity contribution >= 4 is 35.0 Å². The van der Waals surface area contributed by atoms with Gasteiger partial charge in [0, 0.05) is 28.9 Å². The zero-order valence-corrected chi connectivity index (χ0v) is 18.9. The van der Waals surface area contributed by atoms with E-state index in [9.17, 15) is 4.79 Å². The van der Waals surface area contributed by atoms with Crippen molar-refractivity contribution in [1.29, 1.82) is 0 Å².